The molecule has 5 heteroatoms. The summed E-state index contributed by atoms with van der Waals surface area (Å²) in [4.78, 5) is 9.55. The molecule has 0 saturated carbocycles. The smallest absolute Gasteiger partial charge is 0.246 e. The highest BCUT2D eigenvalue weighted by Gasteiger charge is 2.18. The van der Waals surface area contributed by atoms with Gasteiger partial charge < -0.3 is 13.6 Å². The van der Waals surface area contributed by atoms with Gasteiger partial charge >= 0.3 is 0 Å². The maximum absolute atomic E-state index is 6.41. The Bertz CT molecular complexity index is 2930. The molecule has 0 bridgehead atoms. The van der Waals surface area contributed by atoms with E-state index in [0.29, 0.717) is 17.2 Å². The molecule has 0 unspecified atom stereocenters. The predicted octanol–water partition coefficient (Wildman–Crippen LogP) is 12.4. The third-order valence-corrected chi connectivity index (χ3v) is 10.4. The van der Waals surface area contributed by atoms with Crippen LogP contribution in [0.25, 0.3) is 99.9 Å². The number of fused-ring (bicyclic) bond motifs is 7. The largest absolute Gasteiger partial charge is 0.435 e. The molecule has 0 saturated heterocycles. The van der Waals surface area contributed by atoms with Gasteiger partial charge in [0, 0.05) is 44.7 Å². The Morgan fingerprint density at radius 3 is 1.43 bits per heavy atom. The zero-order valence-electron chi connectivity index (χ0n) is 28.5. The summed E-state index contributed by atoms with van der Waals surface area (Å²) in [7, 11) is 0. The third-order valence-electron chi connectivity index (χ3n) is 10.4. The summed E-state index contributed by atoms with van der Waals surface area (Å²) in [6, 6.07) is 62.1. The standard InChI is InChI=1S/C48H30N4O/c1-2-12-31(13-3-1)33-23-25-42(49-30-33)48-50-41-24-22-32(28-47(41)53-48)34-26-35(51-43-18-8-4-14-37(43)38-15-5-9-19-44(38)51)29-36(27-34)52-45-20-10-6-16-39(45)40-17-7-11-21-46(40)52/h1-30H. The average molecular weight is 679 g/mol. The fourth-order valence-corrected chi connectivity index (χ4v) is 7.96. The number of hydrogen-bond acceptors (Lipinski definition) is 3. The number of benzene rings is 7. The van der Waals surface area contributed by atoms with Crippen LogP contribution < -0.4 is 0 Å². The molecule has 0 fully saturated rings. The summed E-state index contributed by atoms with van der Waals surface area (Å²) in [5.74, 6) is 0.502. The first-order chi connectivity index (χ1) is 26.3. The molecule has 4 aromatic heterocycles. The molecular formula is C48H30N4O. The molecule has 11 rings (SSSR count). The summed E-state index contributed by atoms with van der Waals surface area (Å²) in [6.07, 6.45) is 1.88. The van der Waals surface area contributed by atoms with Gasteiger partial charge in [0.05, 0.1) is 22.1 Å². The lowest BCUT2D eigenvalue weighted by Gasteiger charge is -2.16. The van der Waals surface area contributed by atoms with Gasteiger partial charge in [0.25, 0.3) is 0 Å². The molecular weight excluding hydrogens is 649 g/mol. The van der Waals surface area contributed by atoms with Gasteiger partial charge in [0.15, 0.2) is 5.58 Å². The predicted molar refractivity (Wildman–Crippen MR) is 217 cm³/mol. The van der Waals surface area contributed by atoms with Gasteiger partial charge in [-0.05, 0) is 77.4 Å². The van der Waals surface area contributed by atoms with Gasteiger partial charge in [0.1, 0.15) is 11.2 Å². The Hall–Kier alpha value is -7.24. The van der Waals surface area contributed by atoms with Crippen LogP contribution in [0.5, 0.6) is 0 Å². The number of pyridine rings is 1. The normalized spacial score (nSPS) is 11.8. The Morgan fingerprint density at radius 1 is 0.396 bits per heavy atom. The van der Waals surface area contributed by atoms with Crippen molar-refractivity contribution in [2.75, 3.05) is 0 Å². The number of nitrogens with zero attached hydrogens (tertiary/aromatic N) is 4. The van der Waals surface area contributed by atoms with E-state index in [1.54, 1.807) is 0 Å². The lowest BCUT2D eigenvalue weighted by molar-refractivity contribution is 0.617. The number of hydrogen-bond donors (Lipinski definition) is 0. The van der Waals surface area contributed by atoms with E-state index in [2.05, 4.69) is 155 Å². The monoisotopic (exact) mass is 678 g/mol. The van der Waals surface area contributed by atoms with Crippen LogP contribution in [0, 0.1) is 0 Å². The highest BCUT2D eigenvalue weighted by atomic mass is 16.3. The zero-order chi connectivity index (χ0) is 34.9. The first-order valence-electron chi connectivity index (χ1n) is 17.8. The van der Waals surface area contributed by atoms with Gasteiger partial charge in [-0.3, -0.25) is 4.98 Å². The first kappa shape index (κ1) is 29.5. The van der Waals surface area contributed by atoms with E-state index in [1.165, 1.54) is 43.6 Å². The van der Waals surface area contributed by atoms with Crippen LogP contribution >= 0.6 is 0 Å². The van der Waals surface area contributed by atoms with Crippen LogP contribution in [0.4, 0.5) is 0 Å². The molecule has 53 heavy (non-hydrogen) atoms. The summed E-state index contributed by atoms with van der Waals surface area (Å²) in [5.41, 5.74) is 13.3. The Kier molecular flexibility index (Phi) is 6.48. The summed E-state index contributed by atoms with van der Waals surface area (Å²) in [5, 5.41) is 4.92. The quantitative estimate of drug-likeness (QED) is 0.182. The molecule has 0 amide bonds. The van der Waals surface area contributed by atoms with Crippen molar-refractivity contribution in [3.63, 3.8) is 0 Å². The summed E-state index contributed by atoms with van der Waals surface area (Å²) >= 11 is 0. The van der Waals surface area contributed by atoms with E-state index in [4.69, 9.17) is 14.4 Å². The summed E-state index contributed by atoms with van der Waals surface area (Å²) in [6.45, 7) is 0. The molecule has 0 N–H and O–H groups in total. The van der Waals surface area contributed by atoms with Crippen molar-refractivity contribution in [3.8, 4) is 45.2 Å². The number of oxazole rings is 1. The van der Waals surface area contributed by atoms with Crippen LogP contribution in [-0.4, -0.2) is 19.1 Å². The maximum atomic E-state index is 6.41. The van der Waals surface area contributed by atoms with Crippen molar-refractivity contribution in [2.24, 2.45) is 0 Å². The molecule has 4 heterocycles. The van der Waals surface area contributed by atoms with Gasteiger partial charge in [-0.1, -0.05) is 115 Å². The van der Waals surface area contributed by atoms with Crippen LogP contribution in [-0.2, 0) is 0 Å². The molecule has 0 atom stereocenters. The van der Waals surface area contributed by atoms with Crippen molar-refractivity contribution in [1.29, 1.82) is 0 Å². The number of aromatic nitrogens is 4. The fraction of sp³-hybridized carbons (Fsp3) is 0. The fourth-order valence-electron chi connectivity index (χ4n) is 7.96. The minimum atomic E-state index is 0.502. The SMILES string of the molecule is c1ccc(-c2ccc(-c3nc4ccc(-c5cc(-n6c7ccccc7c7ccccc76)cc(-n6c7ccccc7c7ccccc76)c5)cc4o3)nc2)cc1. The Labute approximate surface area is 304 Å². The van der Waals surface area contributed by atoms with Crippen molar-refractivity contribution in [3.05, 3.63) is 182 Å². The molecule has 0 spiro atoms. The van der Waals surface area contributed by atoms with Gasteiger partial charge in [0.2, 0.25) is 5.89 Å². The molecule has 0 aliphatic heterocycles. The van der Waals surface area contributed by atoms with Gasteiger partial charge in [-0.25, -0.2) is 4.98 Å². The minimum Gasteiger partial charge on any atom is -0.435 e. The molecule has 0 aliphatic carbocycles. The van der Waals surface area contributed by atoms with E-state index in [-0.39, 0.29) is 0 Å². The van der Waals surface area contributed by atoms with E-state index in [9.17, 15) is 0 Å². The average Bonchev–Trinajstić information content (AvgIpc) is 3.91. The highest BCUT2D eigenvalue weighted by Crippen LogP contribution is 2.38. The lowest BCUT2D eigenvalue weighted by atomic mass is 10.0. The first-order valence-corrected chi connectivity index (χ1v) is 17.8. The van der Waals surface area contributed by atoms with Crippen molar-refractivity contribution >= 4 is 54.7 Å². The molecule has 0 radical (unpaired) electrons. The zero-order valence-corrected chi connectivity index (χ0v) is 28.5. The Balaban J connectivity index is 1.11. The van der Waals surface area contributed by atoms with Crippen molar-refractivity contribution < 1.29 is 4.42 Å². The van der Waals surface area contributed by atoms with Crippen LogP contribution in [0.1, 0.15) is 0 Å². The van der Waals surface area contributed by atoms with Gasteiger partial charge in [-0.15, -0.1) is 0 Å². The molecule has 11 aromatic rings. The van der Waals surface area contributed by atoms with Crippen LogP contribution in [0.15, 0.2) is 187 Å². The third kappa shape index (κ3) is 4.71. The Morgan fingerprint density at radius 2 is 0.906 bits per heavy atom. The van der Waals surface area contributed by atoms with Crippen LogP contribution in [0.3, 0.4) is 0 Å². The summed E-state index contributed by atoms with van der Waals surface area (Å²) < 4.78 is 11.2. The van der Waals surface area contributed by atoms with E-state index < -0.39 is 0 Å². The second-order valence-electron chi connectivity index (χ2n) is 13.5. The van der Waals surface area contributed by atoms with E-state index >= 15 is 0 Å². The van der Waals surface area contributed by atoms with Gasteiger partial charge in [-0.2, -0.15) is 0 Å². The molecule has 0 aliphatic rings. The minimum absolute atomic E-state index is 0.502. The lowest BCUT2D eigenvalue weighted by Crippen LogP contribution is -2.00. The molecule has 5 nitrogen and oxygen atoms in total. The highest BCUT2D eigenvalue weighted by molar-refractivity contribution is 6.10. The van der Waals surface area contributed by atoms with E-state index in [1.807, 2.05) is 36.5 Å². The van der Waals surface area contributed by atoms with Crippen LogP contribution in [0.2, 0.25) is 0 Å². The van der Waals surface area contributed by atoms with Crippen molar-refractivity contribution in [1.82, 2.24) is 19.1 Å². The molecule has 248 valence electrons. The number of rotatable bonds is 5. The second-order valence-corrected chi connectivity index (χ2v) is 13.5. The van der Waals surface area contributed by atoms with E-state index in [0.717, 1.165) is 39.1 Å². The topological polar surface area (TPSA) is 48.8 Å². The molecule has 7 aromatic carbocycles. The second kappa shape index (κ2) is 11.7. The van der Waals surface area contributed by atoms with Crippen molar-refractivity contribution in [2.45, 2.75) is 0 Å². The maximum Gasteiger partial charge on any atom is 0.246 e. The number of para-hydroxylation sites is 4.